The van der Waals surface area contributed by atoms with Crippen LogP contribution in [0.3, 0.4) is 0 Å². The highest BCUT2D eigenvalue weighted by molar-refractivity contribution is 5.81. The summed E-state index contributed by atoms with van der Waals surface area (Å²) in [7, 11) is 0. The van der Waals surface area contributed by atoms with Crippen molar-refractivity contribution in [3.63, 3.8) is 0 Å². The molecule has 0 aromatic carbocycles. The summed E-state index contributed by atoms with van der Waals surface area (Å²) >= 11 is 0. The summed E-state index contributed by atoms with van der Waals surface area (Å²) in [6.07, 6.45) is 2.25. The molecule has 1 aliphatic heterocycles. The Morgan fingerprint density at radius 1 is 1.32 bits per heavy atom. The molecule has 0 bridgehead atoms. The zero-order valence-electron chi connectivity index (χ0n) is 12.2. The first kappa shape index (κ1) is 14.1. The van der Waals surface area contributed by atoms with E-state index >= 15 is 0 Å². The van der Waals surface area contributed by atoms with E-state index in [1.165, 1.54) is 0 Å². The van der Waals surface area contributed by atoms with Gasteiger partial charge < -0.3 is 9.42 Å². The van der Waals surface area contributed by atoms with E-state index in [-0.39, 0.29) is 18.0 Å². The van der Waals surface area contributed by atoms with Crippen molar-refractivity contribution in [2.45, 2.75) is 52.6 Å². The predicted octanol–water partition coefficient (Wildman–Crippen LogP) is 1.95. The van der Waals surface area contributed by atoms with Gasteiger partial charge in [-0.1, -0.05) is 5.16 Å². The molecule has 1 saturated heterocycles. The Hall–Kier alpha value is -1.36. The topological polar surface area (TPSA) is 58.4 Å². The summed E-state index contributed by atoms with van der Waals surface area (Å²) in [6, 6.07) is -0.116. The van der Waals surface area contributed by atoms with Crippen molar-refractivity contribution in [1.29, 1.82) is 0 Å². The van der Waals surface area contributed by atoms with E-state index in [4.69, 9.17) is 4.52 Å². The van der Waals surface area contributed by atoms with Gasteiger partial charge in [0, 0.05) is 24.7 Å². The third kappa shape index (κ3) is 2.97. The third-order valence-corrected chi connectivity index (χ3v) is 3.81. The highest BCUT2D eigenvalue weighted by Crippen LogP contribution is 2.21. The Morgan fingerprint density at radius 2 is 1.95 bits per heavy atom. The molecule has 0 spiro atoms. The van der Waals surface area contributed by atoms with Gasteiger partial charge in [-0.2, -0.15) is 0 Å². The first-order valence-electron chi connectivity index (χ1n) is 6.98. The Kier molecular flexibility index (Phi) is 4.24. The Morgan fingerprint density at radius 3 is 2.47 bits per heavy atom. The summed E-state index contributed by atoms with van der Waals surface area (Å²) in [5.74, 6) is 1.01. The van der Waals surface area contributed by atoms with Crippen LogP contribution in [0.15, 0.2) is 4.52 Å². The summed E-state index contributed by atoms with van der Waals surface area (Å²) < 4.78 is 5.17. The summed E-state index contributed by atoms with van der Waals surface area (Å²) in [5.41, 5.74) is 1.94. The summed E-state index contributed by atoms with van der Waals surface area (Å²) in [6.45, 7) is 9.59. The average Bonchev–Trinajstić information content (AvgIpc) is 2.98. The number of carbonyl (C=O) groups excluding carboxylic acids is 1. The van der Waals surface area contributed by atoms with Crippen LogP contribution in [0.2, 0.25) is 0 Å². The maximum absolute atomic E-state index is 12.2. The first-order valence-corrected chi connectivity index (χ1v) is 6.98. The standard InChI is InChI=1S/C14H23N3O2/c1-9(13-10(2)16-19-12(13)4)15-11(3)14(18)17-7-5-6-8-17/h9,11,15H,5-8H2,1-4H3. The van der Waals surface area contributed by atoms with Crippen LogP contribution in [0.4, 0.5) is 0 Å². The molecular weight excluding hydrogens is 242 g/mol. The SMILES string of the molecule is Cc1noc(C)c1C(C)NC(C)C(=O)N1CCCC1. The fourth-order valence-corrected chi connectivity index (χ4v) is 2.85. The van der Waals surface area contributed by atoms with Gasteiger partial charge in [-0.3, -0.25) is 10.1 Å². The van der Waals surface area contributed by atoms with E-state index in [2.05, 4.69) is 10.5 Å². The van der Waals surface area contributed by atoms with Crippen LogP contribution >= 0.6 is 0 Å². The maximum Gasteiger partial charge on any atom is 0.239 e. The minimum Gasteiger partial charge on any atom is -0.361 e. The number of carbonyl (C=O) groups is 1. The van der Waals surface area contributed by atoms with Crippen LogP contribution in [0, 0.1) is 13.8 Å². The van der Waals surface area contributed by atoms with Crippen LogP contribution in [0.1, 0.15) is 49.7 Å². The number of hydrogen-bond donors (Lipinski definition) is 1. The second kappa shape index (κ2) is 5.74. The molecule has 106 valence electrons. The van der Waals surface area contributed by atoms with Crippen LogP contribution in [0.25, 0.3) is 0 Å². The van der Waals surface area contributed by atoms with Crippen LogP contribution in [0.5, 0.6) is 0 Å². The van der Waals surface area contributed by atoms with E-state index in [1.807, 2.05) is 32.6 Å². The molecule has 1 amide bonds. The minimum absolute atomic E-state index is 0.0628. The zero-order chi connectivity index (χ0) is 14.0. The Bertz CT molecular complexity index is 430. The summed E-state index contributed by atoms with van der Waals surface area (Å²) in [5, 5.41) is 7.31. The number of nitrogens with zero attached hydrogens (tertiary/aromatic N) is 2. The number of nitrogens with one attached hydrogen (secondary N) is 1. The molecule has 2 rings (SSSR count). The molecule has 0 aliphatic carbocycles. The molecule has 5 heteroatoms. The molecule has 0 radical (unpaired) electrons. The van der Waals surface area contributed by atoms with Crippen molar-refractivity contribution < 1.29 is 9.32 Å². The molecule has 1 aromatic heterocycles. The Balaban J connectivity index is 1.98. The van der Waals surface area contributed by atoms with E-state index in [9.17, 15) is 4.79 Å². The van der Waals surface area contributed by atoms with E-state index < -0.39 is 0 Å². The number of amides is 1. The lowest BCUT2D eigenvalue weighted by Gasteiger charge is -2.24. The minimum atomic E-state index is -0.179. The third-order valence-electron chi connectivity index (χ3n) is 3.81. The average molecular weight is 265 g/mol. The monoisotopic (exact) mass is 265 g/mol. The number of likely N-dealkylation sites (tertiary alicyclic amines) is 1. The number of aromatic nitrogens is 1. The van der Waals surface area contributed by atoms with Crippen molar-refractivity contribution in [1.82, 2.24) is 15.4 Å². The fourth-order valence-electron chi connectivity index (χ4n) is 2.85. The van der Waals surface area contributed by atoms with Gasteiger partial charge in [-0.05, 0) is 40.5 Å². The molecule has 19 heavy (non-hydrogen) atoms. The van der Waals surface area contributed by atoms with E-state index in [0.29, 0.717) is 0 Å². The van der Waals surface area contributed by atoms with Crippen LogP contribution in [-0.4, -0.2) is 35.1 Å². The highest BCUT2D eigenvalue weighted by atomic mass is 16.5. The fraction of sp³-hybridized carbons (Fsp3) is 0.714. The van der Waals surface area contributed by atoms with Gasteiger partial charge in [0.25, 0.3) is 0 Å². The smallest absolute Gasteiger partial charge is 0.239 e. The van der Waals surface area contributed by atoms with Gasteiger partial charge in [0.05, 0.1) is 11.7 Å². The summed E-state index contributed by atoms with van der Waals surface area (Å²) in [4.78, 5) is 14.2. The van der Waals surface area contributed by atoms with Crippen molar-refractivity contribution >= 4 is 5.91 Å². The zero-order valence-corrected chi connectivity index (χ0v) is 12.2. The number of aryl methyl sites for hydroxylation is 2. The Labute approximate surface area is 114 Å². The lowest BCUT2D eigenvalue weighted by molar-refractivity contribution is -0.132. The maximum atomic E-state index is 12.2. The second-order valence-electron chi connectivity index (χ2n) is 5.38. The quantitative estimate of drug-likeness (QED) is 0.904. The van der Waals surface area contributed by atoms with Crippen molar-refractivity contribution in [2.24, 2.45) is 0 Å². The lowest BCUT2D eigenvalue weighted by atomic mass is 10.1. The van der Waals surface area contributed by atoms with Gasteiger partial charge in [-0.25, -0.2) is 0 Å². The highest BCUT2D eigenvalue weighted by Gasteiger charge is 2.26. The van der Waals surface area contributed by atoms with Gasteiger partial charge in [0.15, 0.2) is 0 Å². The molecule has 1 fully saturated rings. The van der Waals surface area contributed by atoms with Crippen molar-refractivity contribution in [3.8, 4) is 0 Å². The molecule has 5 nitrogen and oxygen atoms in total. The van der Waals surface area contributed by atoms with Crippen LogP contribution in [-0.2, 0) is 4.79 Å². The van der Waals surface area contributed by atoms with Crippen molar-refractivity contribution in [2.75, 3.05) is 13.1 Å². The van der Waals surface area contributed by atoms with Crippen molar-refractivity contribution in [3.05, 3.63) is 17.0 Å². The number of rotatable bonds is 4. The van der Waals surface area contributed by atoms with Gasteiger partial charge in [0.2, 0.25) is 5.91 Å². The molecule has 2 unspecified atom stereocenters. The van der Waals surface area contributed by atoms with E-state index in [0.717, 1.165) is 42.9 Å². The second-order valence-corrected chi connectivity index (χ2v) is 5.38. The molecular formula is C14H23N3O2. The normalized spacial score (nSPS) is 18.6. The molecule has 2 heterocycles. The molecule has 1 N–H and O–H groups in total. The molecule has 1 aromatic rings. The molecule has 1 aliphatic rings. The van der Waals surface area contributed by atoms with Crippen LogP contribution < -0.4 is 5.32 Å². The predicted molar refractivity (Wildman–Crippen MR) is 72.8 cm³/mol. The lowest BCUT2D eigenvalue weighted by Crippen LogP contribution is -2.44. The van der Waals surface area contributed by atoms with Gasteiger partial charge in [0.1, 0.15) is 5.76 Å². The molecule has 2 atom stereocenters. The number of hydrogen-bond acceptors (Lipinski definition) is 4. The molecule has 0 saturated carbocycles. The van der Waals surface area contributed by atoms with E-state index in [1.54, 1.807) is 0 Å². The first-order chi connectivity index (χ1) is 9.00. The largest absolute Gasteiger partial charge is 0.361 e. The van der Waals surface area contributed by atoms with Gasteiger partial charge in [-0.15, -0.1) is 0 Å². The van der Waals surface area contributed by atoms with Gasteiger partial charge >= 0.3 is 0 Å².